The van der Waals surface area contributed by atoms with Crippen LogP contribution in [0.2, 0.25) is 37.8 Å². The summed E-state index contributed by atoms with van der Waals surface area (Å²) in [6.45, 7) is 13.7. The number of hydrogen-bond donors (Lipinski definition) is 1. The summed E-state index contributed by atoms with van der Waals surface area (Å²) in [4.78, 5) is 0. The van der Waals surface area contributed by atoms with Crippen LogP contribution in [0, 0.1) is 0 Å². The third-order valence-electron chi connectivity index (χ3n) is 5.60. The quantitative estimate of drug-likeness (QED) is 0.418. The summed E-state index contributed by atoms with van der Waals surface area (Å²) in [6.07, 6.45) is 0. The first kappa shape index (κ1) is 20.9. The molecule has 0 unspecified atom stereocenters. The SMILES string of the molecule is CC[Si](CC)(CC)O/C(=C(/CO)[Si](C)(C)C)c1ccc2ccccc2c1. The Morgan fingerprint density at radius 2 is 1.46 bits per heavy atom. The van der Waals surface area contributed by atoms with Gasteiger partial charge in [0.15, 0.2) is 0 Å². The first-order chi connectivity index (χ1) is 12.3. The highest BCUT2D eigenvalue weighted by Crippen LogP contribution is 2.35. The maximum atomic E-state index is 10.2. The number of aliphatic hydroxyl groups is 1. The molecule has 0 saturated heterocycles. The van der Waals surface area contributed by atoms with Gasteiger partial charge in [-0.25, -0.2) is 0 Å². The second-order valence-corrected chi connectivity index (χ2v) is 17.9. The Bertz CT molecular complexity index is 763. The van der Waals surface area contributed by atoms with Crippen molar-refractivity contribution in [2.24, 2.45) is 0 Å². The maximum Gasteiger partial charge on any atom is 0.250 e. The molecule has 142 valence electrons. The molecule has 0 aliphatic carbocycles. The predicted molar refractivity (Wildman–Crippen MR) is 120 cm³/mol. The molecule has 2 nitrogen and oxygen atoms in total. The van der Waals surface area contributed by atoms with Crippen LogP contribution in [0.25, 0.3) is 16.5 Å². The zero-order chi connectivity index (χ0) is 19.4. The van der Waals surface area contributed by atoms with Gasteiger partial charge in [0, 0.05) is 5.56 Å². The Hall–Kier alpha value is -1.37. The molecule has 2 aromatic rings. The third kappa shape index (κ3) is 4.48. The van der Waals surface area contributed by atoms with Crippen molar-refractivity contribution in [3.8, 4) is 0 Å². The molecule has 0 aromatic heterocycles. The minimum atomic E-state index is -1.84. The molecule has 0 atom stereocenters. The highest BCUT2D eigenvalue weighted by Gasteiger charge is 2.34. The lowest BCUT2D eigenvalue weighted by atomic mass is 10.1. The van der Waals surface area contributed by atoms with Crippen LogP contribution >= 0.6 is 0 Å². The first-order valence-electron chi connectivity index (χ1n) is 9.83. The topological polar surface area (TPSA) is 29.5 Å². The molecule has 0 aliphatic rings. The van der Waals surface area contributed by atoms with Crippen LogP contribution in [0.4, 0.5) is 0 Å². The molecule has 0 amide bonds. The van der Waals surface area contributed by atoms with E-state index in [1.54, 1.807) is 0 Å². The molecule has 0 fully saturated rings. The van der Waals surface area contributed by atoms with Crippen LogP contribution < -0.4 is 0 Å². The average Bonchev–Trinajstić information content (AvgIpc) is 2.64. The molecule has 26 heavy (non-hydrogen) atoms. The van der Waals surface area contributed by atoms with E-state index in [2.05, 4.69) is 82.9 Å². The summed E-state index contributed by atoms with van der Waals surface area (Å²) in [5.74, 6) is 0.967. The van der Waals surface area contributed by atoms with E-state index in [-0.39, 0.29) is 6.61 Å². The number of fused-ring (bicyclic) bond motifs is 1. The van der Waals surface area contributed by atoms with Gasteiger partial charge in [-0.1, -0.05) is 76.8 Å². The molecule has 0 bridgehead atoms. The lowest BCUT2D eigenvalue weighted by Crippen LogP contribution is -2.37. The average molecular weight is 387 g/mol. The van der Waals surface area contributed by atoms with E-state index in [1.165, 1.54) is 10.8 Å². The first-order valence-corrected chi connectivity index (χ1v) is 15.9. The normalized spacial score (nSPS) is 13.7. The van der Waals surface area contributed by atoms with Gasteiger partial charge in [-0.15, -0.1) is 0 Å². The lowest BCUT2D eigenvalue weighted by Gasteiger charge is -2.34. The minimum absolute atomic E-state index is 0.0828. The van der Waals surface area contributed by atoms with Crippen LogP contribution in [0.15, 0.2) is 47.7 Å². The largest absolute Gasteiger partial charge is 0.543 e. The van der Waals surface area contributed by atoms with Crippen molar-refractivity contribution in [3.63, 3.8) is 0 Å². The van der Waals surface area contributed by atoms with Crippen molar-refractivity contribution in [1.82, 2.24) is 0 Å². The number of aliphatic hydroxyl groups excluding tert-OH is 1. The smallest absolute Gasteiger partial charge is 0.250 e. The van der Waals surface area contributed by atoms with Crippen molar-refractivity contribution in [2.45, 2.75) is 58.5 Å². The molecule has 2 rings (SSSR count). The molecule has 0 spiro atoms. The Morgan fingerprint density at radius 1 is 0.885 bits per heavy atom. The monoisotopic (exact) mass is 386 g/mol. The van der Waals surface area contributed by atoms with Crippen molar-refractivity contribution >= 4 is 32.9 Å². The minimum Gasteiger partial charge on any atom is -0.543 e. The fourth-order valence-electron chi connectivity index (χ4n) is 3.46. The van der Waals surface area contributed by atoms with Crippen molar-refractivity contribution in [3.05, 3.63) is 53.2 Å². The van der Waals surface area contributed by atoms with E-state index in [0.29, 0.717) is 0 Å². The van der Waals surface area contributed by atoms with Crippen LogP contribution in [0.1, 0.15) is 26.3 Å². The van der Waals surface area contributed by atoms with E-state index in [9.17, 15) is 5.11 Å². The van der Waals surface area contributed by atoms with Gasteiger partial charge in [0.1, 0.15) is 5.76 Å². The Kier molecular flexibility index (Phi) is 6.88. The Balaban J connectivity index is 2.68. The highest BCUT2D eigenvalue weighted by molar-refractivity contribution is 6.84. The molecule has 1 N–H and O–H groups in total. The summed E-state index contributed by atoms with van der Waals surface area (Å²) in [5, 5.41) is 13.8. The highest BCUT2D eigenvalue weighted by atomic mass is 28.4. The van der Waals surface area contributed by atoms with E-state index in [0.717, 1.165) is 34.7 Å². The summed E-state index contributed by atoms with van der Waals surface area (Å²) in [7, 11) is -3.55. The maximum absolute atomic E-state index is 10.2. The van der Waals surface area contributed by atoms with Crippen molar-refractivity contribution < 1.29 is 9.53 Å². The molecule has 0 heterocycles. The number of hydrogen-bond acceptors (Lipinski definition) is 2. The van der Waals surface area contributed by atoms with E-state index >= 15 is 0 Å². The second-order valence-electron chi connectivity index (χ2n) is 8.12. The van der Waals surface area contributed by atoms with Crippen LogP contribution in [-0.2, 0) is 4.43 Å². The predicted octanol–water partition coefficient (Wildman–Crippen LogP) is 6.44. The summed E-state index contributed by atoms with van der Waals surface area (Å²) in [5.41, 5.74) is 1.11. The zero-order valence-corrected chi connectivity index (χ0v) is 19.2. The van der Waals surface area contributed by atoms with Crippen LogP contribution in [0.5, 0.6) is 0 Å². The summed E-state index contributed by atoms with van der Waals surface area (Å²) >= 11 is 0. The molecule has 2 aromatic carbocycles. The van der Waals surface area contributed by atoms with Crippen LogP contribution in [0.3, 0.4) is 0 Å². The lowest BCUT2D eigenvalue weighted by molar-refractivity contribution is 0.334. The van der Waals surface area contributed by atoms with Crippen molar-refractivity contribution in [1.29, 1.82) is 0 Å². The fraction of sp³-hybridized carbons (Fsp3) is 0.455. The van der Waals surface area contributed by atoms with Gasteiger partial charge in [-0.05, 0) is 40.2 Å². The van der Waals surface area contributed by atoms with E-state index < -0.39 is 16.4 Å². The van der Waals surface area contributed by atoms with Gasteiger partial charge >= 0.3 is 0 Å². The Morgan fingerprint density at radius 3 is 1.96 bits per heavy atom. The summed E-state index contributed by atoms with van der Waals surface area (Å²) < 4.78 is 6.89. The molecular formula is C22H34O2Si2. The van der Waals surface area contributed by atoms with Crippen molar-refractivity contribution in [2.75, 3.05) is 6.61 Å². The molecule has 0 radical (unpaired) electrons. The van der Waals surface area contributed by atoms with Gasteiger partial charge in [0.05, 0.1) is 14.7 Å². The molecule has 0 saturated carbocycles. The standard InChI is InChI=1S/C22H34O2Si2/c1-7-26(8-2,9-3)24-22(21(17-23)25(4,5)6)20-15-14-18-12-10-11-13-19(18)16-20/h10-16,23H,7-9,17H2,1-6H3/b22-21-. The fourth-order valence-corrected chi connectivity index (χ4v) is 7.52. The van der Waals surface area contributed by atoms with Gasteiger partial charge in [0.2, 0.25) is 8.32 Å². The molecule has 0 aliphatic heterocycles. The zero-order valence-electron chi connectivity index (χ0n) is 17.2. The van der Waals surface area contributed by atoms with E-state index in [4.69, 9.17) is 4.43 Å². The summed E-state index contributed by atoms with van der Waals surface area (Å²) in [6, 6.07) is 18.3. The van der Waals surface area contributed by atoms with Gasteiger partial charge in [0.25, 0.3) is 0 Å². The van der Waals surface area contributed by atoms with Crippen LogP contribution in [-0.4, -0.2) is 28.1 Å². The van der Waals surface area contributed by atoms with Gasteiger partial charge in [-0.2, -0.15) is 0 Å². The second kappa shape index (κ2) is 8.55. The number of rotatable bonds is 8. The number of benzene rings is 2. The molecule has 4 heteroatoms. The molecular weight excluding hydrogens is 352 g/mol. The Labute approximate surface area is 161 Å². The third-order valence-corrected chi connectivity index (χ3v) is 12.3. The van der Waals surface area contributed by atoms with E-state index in [1.807, 2.05) is 0 Å². The van der Waals surface area contributed by atoms with Gasteiger partial charge in [-0.3, -0.25) is 0 Å². The van der Waals surface area contributed by atoms with Gasteiger partial charge < -0.3 is 9.53 Å².